The predicted octanol–water partition coefficient (Wildman–Crippen LogP) is -3.34. The van der Waals surface area contributed by atoms with Gasteiger partial charge in [-0.2, -0.15) is 8.42 Å². The molecule has 0 amide bonds. The van der Waals surface area contributed by atoms with E-state index in [4.69, 9.17) is 37.8 Å². The van der Waals surface area contributed by atoms with Crippen LogP contribution in [0.15, 0.2) is 0 Å². The number of esters is 1. The lowest BCUT2D eigenvalue weighted by Crippen LogP contribution is -2.62. The summed E-state index contributed by atoms with van der Waals surface area (Å²) in [4.78, 5) is 10.7. The first-order chi connectivity index (χ1) is 8.97. The second-order valence-electron chi connectivity index (χ2n) is 3.84. The lowest BCUT2D eigenvalue weighted by atomic mass is 9.97. The maximum Gasteiger partial charge on any atom is 0.394 e. The summed E-state index contributed by atoms with van der Waals surface area (Å²) in [6, 6.07) is -1.07. The van der Waals surface area contributed by atoms with Gasteiger partial charge in [-0.1, -0.05) is 0 Å². The molecule has 1 unspecified atom stereocenters. The molecule has 120 valence electrons. The number of aliphatic hydroxyl groups excluding tert-OH is 3. The zero-order chi connectivity index (χ0) is 16.1. The molecule has 1 aliphatic rings. The van der Waals surface area contributed by atoms with Gasteiger partial charge < -0.3 is 30.5 Å². The Balaban J connectivity index is 0.000000621. The summed E-state index contributed by atoms with van der Waals surface area (Å²) in [5, 5.41) is 27.8. The molecule has 0 saturated carbocycles. The lowest BCUT2D eigenvalue weighted by molar-refractivity contribution is -0.254. The highest BCUT2D eigenvalue weighted by atomic mass is 32.3. The summed E-state index contributed by atoms with van der Waals surface area (Å²) < 4.78 is 41.2. The second-order valence-corrected chi connectivity index (χ2v) is 4.73. The van der Waals surface area contributed by atoms with Crippen molar-refractivity contribution in [1.29, 1.82) is 0 Å². The highest BCUT2D eigenvalue weighted by molar-refractivity contribution is 7.79. The molecule has 0 radical (unpaired) electrons. The van der Waals surface area contributed by atoms with Gasteiger partial charge in [-0.25, -0.2) is 0 Å². The van der Waals surface area contributed by atoms with Gasteiger partial charge in [-0.05, 0) is 0 Å². The normalized spacial score (nSPS) is 33.9. The summed E-state index contributed by atoms with van der Waals surface area (Å²) >= 11 is 0. The molecule has 0 aromatic heterocycles. The number of carbonyl (C=O) groups is 1. The smallest absolute Gasteiger partial charge is 0.394 e. The SMILES string of the molecule is CC(=O)O[C@H]1[C@H](O)[C@@H](N)C(O)O[C@@H]1CO.O=S(=O)(O)O. The molecule has 0 bridgehead atoms. The lowest BCUT2D eigenvalue weighted by Gasteiger charge is -2.39. The van der Waals surface area contributed by atoms with Gasteiger partial charge in [0, 0.05) is 6.92 Å². The largest absolute Gasteiger partial charge is 0.457 e. The third-order valence-corrected chi connectivity index (χ3v) is 2.22. The summed E-state index contributed by atoms with van der Waals surface area (Å²) in [6.07, 6.45) is -4.69. The van der Waals surface area contributed by atoms with Gasteiger partial charge in [-0.3, -0.25) is 13.9 Å². The minimum absolute atomic E-state index is 0.487. The first-order valence-electron chi connectivity index (χ1n) is 5.22. The number of hydrogen-bond donors (Lipinski definition) is 6. The number of hydrogen-bond acceptors (Lipinski definition) is 9. The molecule has 20 heavy (non-hydrogen) atoms. The minimum atomic E-state index is -4.67. The highest BCUT2D eigenvalue weighted by Gasteiger charge is 2.44. The fourth-order valence-electron chi connectivity index (χ4n) is 1.44. The first-order valence-corrected chi connectivity index (χ1v) is 6.62. The van der Waals surface area contributed by atoms with Crippen LogP contribution in [-0.2, 0) is 24.7 Å². The maximum atomic E-state index is 10.7. The number of nitrogens with two attached hydrogens (primary N) is 1. The van der Waals surface area contributed by atoms with Crippen molar-refractivity contribution in [3.63, 3.8) is 0 Å². The Bertz CT molecular complexity index is 401. The van der Waals surface area contributed by atoms with Crippen molar-refractivity contribution in [3.8, 4) is 0 Å². The standard InChI is InChI=1S/C8H15NO6.H2O4S/c1-3(11)14-7-4(2-10)15-8(13)5(9)6(7)12;1-5(2,3)4/h4-8,10,12-13H,2,9H2,1H3;(H2,1,2,3,4)/t4-,5-,6-,7-,8?;/m1./s1. The van der Waals surface area contributed by atoms with Crippen LogP contribution in [-0.4, -0.2) is 76.1 Å². The average Bonchev–Trinajstić information content (AvgIpc) is 2.27. The van der Waals surface area contributed by atoms with Crippen molar-refractivity contribution in [2.75, 3.05) is 6.61 Å². The van der Waals surface area contributed by atoms with Crippen LogP contribution < -0.4 is 5.73 Å². The van der Waals surface area contributed by atoms with E-state index in [2.05, 4.69) is 0 Å². The fraction of sp³-hybridized carbons (Fsp3) is 0.875. The van der Waals surface area contributed by atoms with Crippen molar-refractivity contribution in [2.45, 2.75) is 37.6 Å². The molecular formula is C8H17NO10S. The van der Waals surface area contributed by atoms with Crippen molar-refractivity contribution in [2.24, 2.45) is 5.73 Å². The maximum absolute atomic E-state index is 10.7. The van der Waals surface area contributed by atoms with Gasteiger partial charge in [0.05, 0.1) is 12.6 Å². The molecule has 7 N–H and O–H groups in total. The molecule has 1 saturated heterocycles. The first kappa shape index (κ1) is 19.1. The number of aliphatic hydroxyl groups is 3. The quantitative estimate of drug-likeness (QED) is 0.220. The van der Waals surface area contributed by atoms with Gasteiger partial charge in [0.2, 0.25) is 0 Å². The van der Waals surface area contributed by atoms with Gasteiger partial charge >= 0.3 is 16.4 Å². The summed E-state index contributed by atoms with van der Waals surface area (Å²) in [5.74, 6) is -0.621. The zero-order valence-corrected chi connectivity index (χ0v) is 11.2. The van der Waals surface area contributed by atoms with Gasteiger partial charge in [0.15, 0.2) is 12.4 Å². The second kappa shape index (κ2) is 7.80. The van der Waals surface area contributed by atoms with Crippen molar-refractivity contribution in [3.05, 3.63) is 0 Å². The molecule has 1 aliphatic heterocycles. The van der Waals surface area contributed by atoms with E-state index in [9.17, 15) is 15.0 Å². The molecule has 1 rings (SSSR count). The van der Waals surface area contributed by atoms with Crippen LogP contribution in [0.3, 0.4) is 0 Å². The van der Waals surface area contributed by atoms with E-state index in [1.54, 1.807) is 0 Å². The van der Waals surface area contributed by atoms with Gasteiger partial charge in [0.25, 0.3) is 0 Å². The Morgan fingerprint density at radius 3 is 2.15 bits per heavy atom. The van der Waals surface area contributed by atoms with Crippen LogP contribution in [0.25, 0.3) is 0 Å². The third-order valence-electron chi connectivity index (χ3n) is 2.22. The van der Waals surface area contributed by atoms with E-state index < -0.39 is 53.6 Å². The Morgan fingerprint density at radius 1 is 1.35 bits per heavy atom. The van der Waals surface area contributed by atoms with Gasteiger partial charge in [0.1, 0.15) is 12.2 Å². The number of rotatable bonds is 2. The number of carbonyl (C=O) groups excluding carboxylic acids is 1. The summed E-state index contributed by atoms with van der Waals surface area (Å²) in [6.45, 7) is 0.677. The molecule has 0 aromatic rings. The van der Waals surface area contributed by atoms with Gasteiger partial charge in [-0.15, -0.1) is 0 Å². The van der Waals surface area contributed by atoms with E-state index in [0.717, 1.165) is 6.92 Å². The van der Waals surface area contributed by atoms with Crippen molar-refractivity contribution < 1.29 is 47.1 Å². The average molecular weight is 319 g/mol. The minimum Gasteiger partial charge on any atom is -0.457 e. The summed E-state index contributed by atoms with van der Waals surface area (Å²) in [7, 11) is -4.67. The third kappa shape index (κ3) is 7.06. The topological polar surface area (TPSA) is 197 Å². The highest BCUT2D eigenvalue weighted by Crippen LogP contribution is 2.21. The molecule has 1 fully saturated rings. The van der Waals surface area contributed by atoms with Crippen molar-refractivity contribution in [1.82, 2.24) is 0 Å². The Kier molecular flexibility index (Phi) is 7.46. The number of ether oxygens (including phenoxy) is 2. The zero-order valence-electron chi connectivity index (χ0n) is 10.4. The van der Waals surface area contributed by atoms with Crippen LogP contribution in [0.2, 0.25) is 0 Å². The molecule has 0 aromatic carbocycles. The summed E-state index contributed by atoms with van der Waals surface area (Å²) in [5.41, 5.74) is 5.41. The van der Waals surface area contributed by atoms with E-state index in [-0.39, 0.29) is 0 Å². The van der Waals surface area contributed by atoms with Crippen LogP contribution in [0, 0.1) is 0 Å². The van der Waals surface area contributed by atoms with Crippen LogP contribution in [0.4, 0.5) is 0 Å². The van der Waals surface area contributed by atoms with E-state index in [1.165, 1.54) is 0 Å². The van der Waals surface area contributed by atoms with E-state index in [1.807, 2.05) is 0 Å². The molecule has 1 heterocycles. The van der Waals surface area contributed by atoms with Crippen LogP contribution >= 0.6 is 0 Å². The molecule has 5 atom stereocenters. The fourth-order valence-corrected chi connectivity index (χ4v) is 1.44. The van der Waals surface area contributed by atoms with Crippen molar-refractivity contribution >= 4 is 16.4 Å². The molecule has 0 aliphatic carbocycles. The molecular weight excluding hydrogens is 302 g/mol. The molecule has 12 heteroatoms. The predicted molar refractivity (Wildman–Crippen MR) is 61.7 cm³/mol. The van der Waals surface area contributed by atoms with Crippen LogP contribution in [0.5, 0.6) is 0 Å². The Morgan fingerprint density at radius 2 is 1.80 bits per heavy atom. The van der Waals surface area contributed by atoms with E-state index >= 15 is 0 Å². The Labute approximate surface area is 114 Å². The molecule has 0 spiro atoms. The monoisotopic (exact) mass is 319 g/mol. The van der Waals surface area contributed by atoms with E-state index in [0.29, 0.717) is 0 Å². The van der Waals surface area contributed by atoms with Crippen LogP contribution in [0.1, 0.15) is 6.92 Å². The Hall–Kier alpha value is -0.860. The molecule has 11 nitrogen and oxygen atoms in total.